The van der Waals surface area contributed by atoms with E-state index in [2.05, 4.69) is 35.4 Å². The minimum Gasteiger partial charge on any atom is -0.339 e. The largest absolute Gasteiger partial charge is 0.339 e. The summed E-state index contributed by atoms with van der Waals surface area (Å²) in [5, 5.41) is 6.98. The highest BCUT2D eigenvalue weighted by atomic mass is 32.1. The third-order valence-corrected chi connectivity index (χ3v) is 5.47. The zero-order valence-corrected chi connectivity index (χ0v) is 15.4. The van der Waals surface area contributed by atoms with Gasteiger partial charge in [0.25, 0.3) is 0 Å². The number of likely N-dealkylation sites (tertiary alicyclic amines) is 1. The quantitative estimate of drug-likeness (QED) is 0.918. The molecule has 2 atom stereocenters. The van der Waals surface area contributed by atoms with E-state index in [1.807, 2.05) is 18.7 Å². The number of thiophene rings is 1. The number of piperidine rings is 1. The van der Waals surface area contributed by atoms with Crippen LogP contribution >= 0.6 is 11.3 Å². The molecule has 1 aliphatic rings. The lowest BCUT2D eigenvalue weighted by molar-refractivity contribution is 0.169. The number of aromatic nitrogens is 2. The predicted molar refractivity (Wildman–Crippen MR) is 93.3 cm³/mol. The molecule has 130 valence electrons. The van der Waals surface area contributed by atoms with Crippen molar-refractivity contribution in [2.45, 2.75) is 52.5 Å². The molecule has 2 aromatic heterocycles. The zero-order chi connectivity index (χ0) is 17.3. The van der Waals surface area contributed by atoms with Gasteiger partial charge in [-0.1, -0.05) is 5.16 Å². The number of nitrogens with one attached hydrogen (secondary N) is 1. The molecule has 1 aliphatic heterocycles. The summed E-state index contributed by atoms with van der Waals surface area (Å²) in [6.45, 7) is 9.44. The van der Waals surface area contributed by atoms with Crippen LogP contribution in [-0.4, -0.2) is 34.2 Å². The molecule has 1 N–H and O–H groups in total. The van der Waals surface area contributed by atoms with E-state index in [0.717, 1.165) is 19.4 Å². The van der Waals surface area contributed by atoms with Gasteiger partial charge in [-0.15, -0.1) is 11.3 Å². The van der Waals surface area contributed by atoms with Crippen molar-refractivity contribution >= 4 is 17.4 Å². The van der Waals surface area contributed by atoms with Crippen LogP contribution in [0.1, 0.15) is 58.8 Å². The highest BCUT2D eigenvalue weighted by Crippen LogP contribution is 2.28. The van der Waals surface area contributed by atoms with E-state index in [1.54, 1.807) is 11.3 Å². The summed E-state index contributed by atoms with van der Waals surface area (Å²) in [6, 6.07) is 2.14. The van der Waals surface area contributed by atoms with Crippen molar-refractivity contribution in [3.63, 3.8) is 0 Å². The average Bonchev–Trinajstić information content (AvgIpc) is 3.12. The second-order valence-electron chi connectivity index (χ2n) is 6.50. The lowest BCUT2D eigenvalue weighted by Gasteiger charge is -2.32. The fourth-order valence-corrected chi connectivity index (χ4v) is 4.30. The molecule has 3 heterocycles. The highest BCUT2D eigenvalue weighted by molar-refractivity contribution is 7.12. The second-order valence-corrected chi connectivity index (χ2v) is 7.97. The lowest BCUT2D eigenvalue weighted by Crippen LogP contribution is -2.45. The summed E-state index contributed by atoms with van der Waals surface area (Å²) >= 11 is 1.77. The Morgan fingerprint density at radius 3 is 2.88 bits per heavy atom. The van der Waals surface area contributed by atoms with Crippen molar-refractivity contribution in [3.05, 3.63) is 33.1 Å². The van der Waals surface area contributed by atoms with Gasteiger partial charge in [0.1, 0.15) is 0 Å². The minimum atomic E-state index is -0.0216. The third kappa shape index (κ3) is 3.61. The van der Waals surface area contributed by atoms with Gasteiger partial charge in [0.15, 0.2) is 5.82 Å². The van der Waals surface area contributed by atoms with Gasteiger partial charge in [0.2, 0.25) is 5.89 Å². The maximum atomic E-state index is 12.6. The molecule has 6 nitrogen and oxygen atoms in total. The Morgan fingerprint density at radius 1 is 1.46 bits per heavy atom. The molecule has 1 fully saturated rings. The minimum absolute atomic E-state index is 0.00785. The summed E-state index contributed by atoms with van der Waals surface area (Å²) < 4.78 is 5.28. The fraction of sp³-hybridized carbons (Fsp3) is 0.588. The number of hydrogen-bond donors (Lipinski definition) is 1. The number of urea groups is 1. The SMILES string of the molecule is Cc1noc([C@H]2CCCN(C(=O)N[C@@H](C)c3cc(C)sc3C)C2)n1. The monoisotopic (exact) mass is 348 g/mol. The van der Waals surface area contributed by atoms with E-state index in [9.17, 15) is 4.79 Å². The second kappa shape index (κ2) is 6.93. The summed E-state index contributed by atoms with van der Waals surface area (Å²) in [6.07, 6.45) is 1.92. The molecule has 0 spiro atoms. The van der Waals surface area contributed by atoms with Crippen LogP contribution in [0.5, 0.6) is 0 Å². The topological polar surface area (TPSA) is 71.3 Å². The Balaban J connectivity index is 1.63. The van der Waals surface area contributed by atoms with E-state index in [0.29, 0.717) is 18.3 Å². The summed E-state index contributed by atoms with van der Waals surface area (Å²) in [4.78, 5) is 21.3. The normalized spacial score (nSPS) is 19.3. The van der Waals surface area contributed by atoms with Crippen molar-refractivity contribution in [2.75, 3.05) is 13.1 Å². The Morgan fingerprint density at radius 2 is 2.25 bits per heavy atom. The number of rotatable bonds is 3. The Hall–Kier alpha value is -1.89. The van der Waals surface area contributed by atoms with Crippen LogP contribution in [0.25, 0.3) is 0 Å². The molecule has 2 amide bonds. The first kappa shape index (κ1) is 17.0. The van der Waals surface area contributed by atoms with Crippen LogP contribution in [0.4, 0.5) is 4.79 Å². The van der Waals surface area contributed by atoms with Gasteiger partial charge in [0, 0.05) is 22.8 Å². The molecular formula is C17H24N4O2S. The van der Waals surface area contributed by atoms with Gasteiger partial charge < -0.3 is 14.7 Å². The van der Waals surface area contributed by atoms with E-state index >= 15 is 0 Å². The van der Waals surface area contributed by atoms with Crippen LogP contribution < -0.4 is 5.32 Å². The van der Waals surface area contributed by atoms with Gasteiger partial charge >= 0.3 is 6.03 Å². The Kier molecular flexibility index (Phi) is 4.89. The first-order valence-electron chi connectivity index (χ1n) is 8.36. The smallest absolute Gasteiger partial charge is 0.317 e. The van der Waals surface area contributed by atoms with Crippen LogP contribution in [-0.2, 0) is 0 Å². The molecule has 0 aromatic carbocycles. The van der Waals surface area contributed by atoms with Gasteiger partial charge in [-0.3, -0.25) is 0 Å². The Bertz CT molecular complexity index is 724. The summed E-state index contributed by atoms with van der Waals surface area (Å²) in [5.74, 6) is 1.41. The highest BCUT2D eigenvalue weighted by Gasteiger charge is 2.29. The number of hydrogen-bond acceptors (Lipinski definition) is 5. The van der Waals surface area contributed by atoms with Crippen LogP contribution in [0.15, 0.2) is 10.6 Å². The number of amides is 2. The van der Waals surface area contributed by atoms with Crippen LogP contribution in [0.2, 0.25) is 0 Å². The van der Waals surface area contributed by atoms with Crippen molar-refractivity contribution in [2.24, 2.45) is 0 Å². The molecule has 0 radical (unpaired) electrons. The molecular weight excluding hydrogens is 324 g/mol. The van der Waals surface area contributed by atoms with Crippen molar-refractivity contribution in [1.82, 2.24) is 20.4 Å². The van der Waals surface area contributed by atoms with Gasteiger partial charge in [-0.25, -0.2) is 4.79 Å². The molecule has 3 rings (SSSR count). The summed E-state index contributed by atoms with van der Waals surface area (Å²) in [7, 11) is 0. The lowest BCUT2D eigenvalue weighted by atomic mass is 9.98. The molecule has 24 heavy (non-hydrogen) atoms. The van der Waals surface area contributed by atoms with Crippen molar-refractivity contribution < 1.29 is 9.32 Å². The molecule has 0 saturated carbocycles. The first-order valence-corrected chi connectivity index (χ1v) is 9.18. The van der Waals surface area contributed by atoms with Crippen molar-refractivity contribution in [3.8, 4) is 0 Å². The number of carbonyl (C=O) groups is 1. The van der Waals surface area contributed by atoms with Crippen LogP contribution in [0.3, 0.4) is 0 Å². The average molecular weight is 348 g/mol. The molecule has 1 saturated heterocycles. The van der Waals surface area contributed by atoms with Gasteiger partial charge in [-0.2, -0.15) is 4.98 Å². The van der Waals surface area contributed by atoms with Gasteiger partial charge in [0.05, 0.1) is 12.0 Å². The molecule has 7 heteroatoms. The third-order valence-electron chi connectivity index (χ3n) is 4.49. The maximum Gasteiger partial charge on any atom is 0.317 e. The predicted octanol–water partition coefficient (Wildman–Crippen LogP) is 3.71. The van der Waals surface area contributed by atoms with E-state index in [-0.39, 0.29) is 18.0 Å². The standard InChI is InChI=1S/C17H24N4O2S/c1-10-8-15(12(3)24-10)11(2)18-17(22)21-7-5-6-14(9-21)16-19-13(4)20-23-16/h8,11,14H,5-7,9H2,1-4H3,(H,18,22)/t11-,14-/m0/s1. The van der Waals surface area contributed by atoms with E-state index < -0.39 is 0 Å². The number of carbonyl (C=O) groups excluding carboxylic acids is 1. The molecule has 0 bridgehead atoms. The molecule has 2 aromatic rings. The van der Waals surface area contributed by atoms with Crippen LogP contribution in [0, 0.1) is 20.8 Å². The van der Waals surface area contributed by atoms with E-state index in [4.69, 9.17) is 4.52 Å². The van der Waals surface area contributed by atoms with Crippen molar-refractivity contribution in [1.29, 1.82) is 0 Å². The van der Waals surface area contributed by atoms with Gasteiger partial charge in [-0.05, 0) is 52.2 Å². The zero-order valence-electron chi connectivity index (χ0n) is 14.6. The first-order chi connectivity index (χ1) is 11.4. The molecule has 0 unspecified atom stereocenters. The Labute approximate surface area is 146 Å². The number of nitrogens with zero attached hydrogens (tertiary/aromatic N) is 3. The molecule has 0 aliphatic carbocycles. The number of aryl methyl sites for hydroxylation is 3. The summed E-state index contributed by atoms with van der Waals surface area (Å²) in [5.41, 5.74) is 1.20. The maximum absolute atomic E-state index is 12.6. The fourth-order valence-electron chi connectivity index (χ4n) is 3.28. The van der Waals surface area contributed by atoms with E-state index in [1.165, 1.54) is 15.3 Å².